The maximum Gasteiger partial charge on any atom is 0.261 e. The summed E-state index contributed by atoms with van der Waals surface area (Å²) in [6, 6.07) is 22.6. The van der Waals surface area contributed by atoms with Gasteiger partial charge in [0.1, 0.15) is 11.8 Å². The molecule has 33 heavy (non-hydrogen) atoms. The number of rotatable bonds is 9. The summed E-state index contributed by atoms with van der Waals surface area (Å²) in [5, 5.41) is 2.73. The predicted octanol–water partition coefficient (Wildman–Crippen LogP) is 4.83. The molecule has 3 aromatic rings. The SMILES string of the molecule is CNC(=O)[C@@H](Cc1ccccc1)N(Cc1cccc(C)c1)C(=O)COc1ccc(Br)c(C)c1. The zero-order valence-electron chi connectivity index (χ0n) is 19.2. The van der Waals surface area contributed by atoms with Crippen molar-refractivity contribution < 1.29 is 14.3 Å². The van der Waals surface area contributed by atoms with Crippen LogP contribution in [0.25, 0.3) is 0 Å². The van der Waals surface area contributed by atoms with Crippen molar-refractivity contribution in [2.24, 2.45) is 0 Å². The number of aryl methyl sites for hydroxylation is 2. The summed E-state index contributed by atoms with van der Waals surface area (Å²) < 4.78 is 6.79. The first kappa shape index (κ1) is 24.5. The number of nitrogens with one attached hydrogen (secondary N) is 1. The molecule has 6 heteroatoms. The molecule has 0 fully saturated rings. The van der Waals surface area contributed by atoms with Crippen LogP contribution in [0.15, 0.2) is 77.3 Å². The second kappa shape index (κ2) is 11.7. The molecule has 0 aliphatic carbocycles. The van der Waals surface area contributed by atoms with Crippen LogP contribution in [0.4, 0.5) is 0 Å². The lowest BCUT2D eigenvalue weighted by atomic mass is 10.0. The second-order valence-electron chi connectivity index (χ2n) is 8.03. The Labute approximate surface area is 203 Å². The van der Waals surface area contributed by atoms with Crippen molar-refractivity contribution in [3.63, 3.8) is 0 Å². The Morgan fingerprint density at radius 1 is 0.970 bits per heavy atom. The second-order valence-corrected chi connectivity index (χ2v) is 8.88. The van der Waals surface area contributed by atoms with Crippen molar-refractivity contribution in [2.45, 2.75) is 32.9 Å². The first-order chi connectivity index (χ1) is 15.9. The van der Waals surface area contributed by atoms with Crippen molar-refractivity contribution in [1.29, 1.82) is 0 Å². The van der Waals surface area contributed by atoms with E-state index in [4.69, 9.17) is 4.74 Å². The van der Waals surface area contributed by atoms with Crippen molar-refractivity contribution in [1.82, 2.24) is 10.2 Å². The Morgan fingerprint density at radius 2 is 1.70 bits per heavy atom. The van der Waals surface area contributed by atoms with Crippen LogP contribution in [0.5, 0.6) is 5.75 Å². The van der Waals surface area contributed by atoms with Gasteiger partial charge in [-0.15, -0.1) is 0 Å². The number of carbonyl (C=O) groups excluding carboxylic acids is 2. The Balaban J connectivity index is 1.87. The van der Waals surface area contributed by atoms with E-state index in [-0.39, 0.29) is 18.4 Å². The molecule has 0 saturated carbocycles. The highest BCUT2D eigenvalue weighted by molar-refractivity contribution is 9.10. The van der Waals surface area contributed by atoms with E-state index in [9.17, 15) is 9.59 Å². The number of carbonyl (C=O) groups is 2. The fraction of sp³-hybridized carbons (Fsp3) is 0.259. The fourth-order valence-corrected chi connectivity index (χ4v) is 3.91. The number of amides is 2. The van der Waals surface area contributed by atoms with Crippen LogP contribution in [-0.4, -0.2) is 36.4 Å². The molecule has 0 unspecified atom stereocenters. The third-order valence-electron chi connectivity index (χ3n) is 5.44. The van der Waals surface area contributed by atoms with Gasteiger partial charge >= 0.3 is 0 Å². The third kappa shape index (κ3) is 6.93. The molecule has 0 saturated heterocycles. The number of nitrogens with zero attached hydrogens (tertiary/aromatic N) is 1. The quantitative estimate of drug-likeness (QED) is 0.450. The van der Waals surface area contributed by atoms with E-state index in [1.54, 1.807) is 11.9 Å². The van der Waals surface area contributed by atoms with E-state index < -0.39 is 6.04 Å². The average Bonchev–Trinajstić information content (AvgIpc) is 2.82. The molecule has 0 spiro atoms. The molecule has 3 aromatic carbocycles. The van der Waals surface area contributed by atoms with E-state index >= 15 is 0 Å². The Bertz CT molecular complexity index is 1100. The molecule has 0 aromatic heterocycles. The lowest BCUT2D eigenvalue weighted by molar-refractivity contribution is -0.142. The maximum absolute atomic E-state index is 13.4. The summed E-state index contributed by atoms with van der Waals surface area (Å²) in [7, 11) is 1.59. The normalized spacial score (nSPS) is 11.5. The summed E-state index contributed by atoms with van der Waals surface area (Å²) in [6.45, 7) is 4.13. The van der Waals surface area contributed by atoms with Gasteiger partial charge in [-0.05, 0) is 48.7 Å². The zero-order chi connectivity index (χ0) is 23.8. The number of benzene rings is 3. The third-order valence-corrected chi connectivity index (χ3v) is 6.33. The molecule has 2 amide bonds. The van der Waals surface area contributed by atoms with E-state index in [0.717, 1.165) is 26.7 Å². The van der Waals surface area contributed by atoms with Crippen LogP contribution in [0.1, 0.15) is 22.3 Å². The van der Waals surface area contributed by atoms with Crippen LogP contribution in [-0.2, 0) is 22.6 Å². The highest BCUT2D eigenvalue weighted by Crippen LogP contribution is 2.22. The fourth-order valence-electron chi connectivity index (χ4n) is 3.66. The van der Waals surface area contributed by atoms with E-state index in [0.29, 0.717) is 18.7 Å². The number of halogens is 1. The number of ether oxygens (including phenoxy) is 1. The summed E-state index contributed by atoms with van der Waals surface area (Å²) in [4.78, 5) is 28.0. The topological polar surface area (TPSA) is 58.6 Å². The Kier molecular flexibility index (Phi) is 8.66. The average molecular weight is 509 g/mol. The van der Waals surface area contributed by atoms with E-state index in [1.165, 1.54) is 0 Å². The highest BCUT2D eigenvalue weighted by atomic mass is 79.9. The molecule has 1 atom stereocenters. The number of hydrogen-bond acceptors (Lipinski definition) is 3. The molecular weight excluding hydrogens is 480 g/mol. The van der Waals surface area contributed by atoms with Crippen LogP contribution < -0.4 is 10.1 Å². The lowest BCUT2D eigenvalue weighted by Gasteiger charge is -2.31. The molecule has 172 valence electrons. The molecule has 0 radical (unpaired) electrons. The van der Waals surface area contributed by atoms with Crippen molar-refractivity contribution >= 4 is 27.7 Å². The molecule has 0 aliphatic heterocycles. The lowest BCUT2D eigenvalue weighted by Crippen LogP contribution is -2.51. The summed E-state index contributed by atoms with van der Waals surface area (Å²) in [5.74, 6) is 0.153. The molecule has 0 bridgehead atoms. The van der Waals surface area contributed by atoms with Crippen molar-refractivity contribution in [3.8, 4) is 5.75 Å². The first-order valence-electron chi connectivity index (χ1n) is 10.9. The van der Waals surface area contributed by atoms with Crippen molar-refractivity contribution in [2.75, 3.05) is 13.7 Å². The van der Waals surface area contributed by atoms with E-state index in [1.807, 2.05) is 86.6 Å². The van der Waals surface area contributed by atoms with Gasteiger partial charge in [-0.1, -0.05) is 76.1 Å². The van der Waals surface area contributed by atoms with Gasteiger partial charge in [0.15, 0.2) is 6.61 Å². The van der Waals surface area contributed by atoms with Crippen LogP contribution in [0.2, 0.25) is 0 Å². The van der Waals surface area contributed by atoms with Crippen LogP contribution >= 0.6 is 15.9 Å². The first-order valence-corrected chi connectivity index (χ1v) is 11.7. The van der Waals surface area contributed by atoms with Crippen molar-refractivity contribution in [3.05, 3.63) is 99.5 Å². The summed E-state index contributed by atoms with van der Waals surface area (Å²) in [6.07, 6.45) is 0.412. The summed E-state index contributed by atoms with van der Waals surface area (Å²) in [5.41, 5.74) is 4.06. The molecule has 1 N–H and O–H groups in total. The standard InChI is InChI=1S/C27H29BrN2O3/c1-19-8-7-11-22(14-19)17-30(25(27(32)29-3)16-21-9-5-4-6-10-21)26(31)18-33-23-12-13-24(28)20(2)15-23/h4-15,25H,16-18H2,1-3H3,(H,29,32)/t25-/m1/s1. The van der Waals surface area contributed by atoms with Gasteiger partial charge in [0.25, 0.3) is 5.91 Å². The zero-order valence-corrected chi connectivity index (χ0v) is 20.8. The van der Waals surface area contributed by atoms with Gasteiger partial charge in [0.05, 0.1) is 0 Å². The molecule has 3 rings (SSSR count). The molecule has 5 nitrogen and oxygen atoms in total. The van der Waals surface area contributed by atoms with Gasteiger partial charge in [-0.2, -0.15) is 0 Å². The number of likely N-dealkylation sites (N-methyl/N-ethyl adjacent to an activating group) is 1. The van der Waals surface area contributed by atoms with Gasteiger partial charge in [-0.25, -0.2) is 0 Å². The highest BCUT2D eigenvalue weighted by Gasteiger charge is 2.30. The predicted molar refractivity (Wildman–Crippen MR) is 134 cm³/mol. The Hall–Kier alpha value is -3.12. The minimum absolute atomic E-state index is 0.158. The molecule has 0 heterocycles. The van der Waals surface area contributed by atoms with E-state index in [2.05, 4.69) is 21.2 Å². The number of hydrogen-bond donors (Lipinski definition) is 1. The molecule has 0 aliphatic rings. The largest absolute Gasteiger partial charge is 0.484 e. The van der Waals surface area contributed by atoms with Gasteiger partial charge in [0.2, 0.25) is 5.91 Å². The van der Waals surface area contributed by atoms with Crippen LogP contribution in [0.3, 0.4) is 0 Å². The molecular formula is C27H29BrN2O3. The van der Waals surface area contributed by atoms with Gasteiger partial charge < -0.3 is 15.0 Å². The minimum atomic E-state index is -0.666. The monoisotopic (exact) mass is 508 g/mol. The maximum atomic E-state index is 13.4. The smallest absolute Gasteiger partial charge is 0.261 e. The van der Waals surface area contributed by atoms with Gasteiger partial charge in [-0.3, -0.25) is 9.59 Å². The van der Waals surface area contributed by atoms with Gasteiger partial charge in [0, 0.05) is 24.5 Å². The summed E-state index contributed by atoms with van der Waals surface area (Å²) >= 11 is 3.47. The van der Waals surface area contributed by atoms with Crippen LogP contribution in [0, 0.1) is 13.8 Å². The Morgan fingerprint density at radius 3 is 2.36 bits per heavy atom. The minimum Gasteiger partial charge on any atom is -0.484 e.